The molecule has 0 spiro atoms. The fourth-order valence-electron chi connectivity index (χ4n) is 9.21. The highest BCUT2D eigenvalue weighted by molar-refractivity contribution is 6.21. The van der Waals surface area contributed by atoms with Crippen molar-refractivity contribution < 1.29 is 45.3 Å². The van der Waals surface area contributed by atoms with Gasteiger partial charge in [0, 0.05) is 28.8 Å². The van der Waals surface area contributed by atoms with E-state index in [0.717, 1.165) is 51.5 Å². The Balaban J connectivity index is 1.29. The summed E-state index contributed by atoms with van der Waals surface area (Å²) in [6, 6.07) is 23.2. The van der Waals surface area contributed by atoms with Crippen LogP contribution in [0.25, 0.3) is 0 Å². The summed E-state index contributed by atoms with van der Waals surface area (Å²) < 4.78 is 102. The second kappa shape index (κ2) is 17.3. The number of ether oxygens (including phenoxy) is 3. The van der Waals surface area contributed by atoms with Crippen LogP contribution >= 0.6 is 0 Å². The van der Waals surface area contributed by atoms with Gasteiger partial charge in [-0.05, 0) is 154 Å². The number of hydrogen-bond donors (Lipinski definition) is 0. The highest BCUT2D eigenvalue weighted by Crippen LogP contribution is 2.52. The van der Waals surface area contributed by atoms with Crippen molar-refractivity contribution in [3.05, 3.63) is 170 Å². The first kappa shape index (κ1) is 46.3. The molecule has 3 aliphatic rings. The molecule has 0 saturated carbocycles. The van der Waals surface area contributed by atoms with E-state index in [2.05, 4.69) is 0 Å². The number of carbonyl (C=O) groups is 1. The smallest absolute Gasteiger partial charge is 0.416 e. The van der Waals surface area contributed by atoms with Crippen molar-refractivity contribution in [3.8, 4) is 11.5 Å². The fourth-order valence-corrected chi connectivity index (χ4v) is 9.21. The number of benzene rings is 4. The summed E-state index contributed by atoms with van der Waals surface area (Å²) in [5.41, 5.74) is 4.00. The number of methoxy groups -OCH3 is 1. The Hall–Kier alpha value is -5.71. The second-order valence-corrected chi connectivity index (χ2v) is 18.4. The molecular formula is C53H55F6NO4. The number of aryl methyl sites for hydroxylation is 1. The number of allylic oxidation sites excluding steroid dienone is 7. The minimum absolute atomic E-state index is 0.00888. The van der Waals surface area contributed by atoms with Crippen molar-refractivity contribution in [2.24, 2.45) is 0 Å². The zero-order valence-electron chi connectivity index (χ0n) is 37.8. The van der Waals surface area contributed by atoms with E-state index in [1.165, 1.54) is 25.3 Å². The molecule has 2 aliphatic carbocycles. The predicted molar refractivity (Wildman–Crippen MR) is 239 cm³/mol. The Bertz CT molecular complexity index is 2550. The van der Waals surface area contributed by atoms with E-state index in [0.29, 0.717) is 60.5 Å². The maximum absolute atomic E-state index is 14.5. The molecule has 5 nitrogen and oxygen atoms in total. The number of halogens is 6. The third-order valence-electron chi connectivity index (χ3n) is 12.5. The van der Waals surface area contributed by atoms with Crippen molar-refractivity contribution in [3.63, 3.8) is 0 Å². The molecule has 1 aliphatic heterocycles. The Morgan fingerprint density at radius 2 is 1.20 bits per heavy atom. The van der Waals surface area contributed by atoms with Crippen LogP contribution in [0.3, 0.4) is 0 Å². The average Bonchev–Trinajstić information content (AvgIpc) is 3.43. The third-order valence-corrected chi connectivity index (χ3v) is 12.5. The maximum atomic E-state index is 14.5. The number of anilines is 1. The quantitative estimate of drug-likeness (QED) is 0.0989. The van der Waals surface area contributed by atoms with E-state index in [-0.39, 0.29) is 29.1 Å². The maximum Gasteiger partial charge on any atom is 0.416 e. The zero-order valence-corrected chi connectivity index (χ0v) is 37.8. The first-order valence-electron chi connectivity index (χ1n) is 21.7. The van der Waals surface area contributed by atoms with Gasteiger partial charge in [-0.2, -0.15) is 26.3 Å². The van der Waals surface area contributed by atoms with Crippen LogP contribution in [0.2, 0.25) is 0 Å². The summed E-state index contributed by atoms with van der Waals surface area (Å²) in [6.45, 7) is 15.7. The van der Waals surface area contributed by atoms with Gasteiger partial charge >= 0.3 is 12.4 Å². The number of rotatable bonds is 13. The van der Waals surface area contributed by atoms with Crippen LogP contribution in [0.4, 0.5) is 32.0 Å². The summed E-state index contributed by atoms with van der Waals surface area (Å²) in [7, 11) is 1.46. The lowest BCUT2D eigenvalue weighted by atomic mass is 9.66. The summed E-state index contributed by atoms with van der Waals surface area (Å²) in [5.74, 6) is 1.46. The molecule has 1 heterocycles. The molecule has 7 rings (SSSR count). The number of alkyl halides is 6. The predicted octanol–water partition coefficient (Wildman–Crippen LogP) is 13.4. The van der Waals surface area contributed by atoms with Gasteiger partial charge in [-0.25, -0.2) is 0 Å². The fraction of sp³-hybridized carbons (Fsp3) is 0.377. The van der Waals surface area contributed by atoms with Crippen molar-refractivity contribution >= 4 is 11.5 Å². The van der Waals surface area contributed by atoms with Crippen LogP contribution < -0.4 is 14.4 Å². The van der Waals surface area contributed by atoms with Gasteiger partial charge in [0.25, 0.3) is 0 Å². The average molecular weight is 884 g/mol. The van der Waals surface area contributed by atoms with Gasteiger partial charge < -0.3 is 19.1 Å². The first-order valence-corrected chi connectivity index (χ1v) is 21.7. The molecule has 0 atom stereocenters. The van der Waals surface area contributed by atoms with Gasteiger partial charge in [0.1, 0.15) is 17.3 Å². The van der Waals surface area contributed by atoms with Crippen molar-refractivity contribution in [1.29, 1.82) is 0 Å². The minimum Gasteiger partial charge on any atom is -0.495 e. The van der Waals surface area contributed by atoms with Crippen LogP contribution in [0.1, 0.15) is 101 Å². The third kappa shape index (κ3) is 9.26. The van der Waals surface area contributed by atoms with Crippen LogP contribution in [-0.4, -0.2) is 31.6 Å². The molecule has 0 unspecified atom stereocenters. The Morgan fingerprint density at radius 3 is 1.73 bits per heavy atom. The number of hydrogen-bond acceptors (Lipinski definition) is 5. The summed E-state index contributed by atoms with van der Waals surface area (Å²) >= 11 is 0. The van der Waals surface area contributed by atoms with E-state index >= 15 is 0 Å². The van der Waals surface area contributed by atoms with Crippen LogP contribution in [0, 0.1) is 0 Å². The zero-order chi connectivity index (χ0) is 46.5. The lowest BCUT2D eigenvalue weighted by Crippen LogP contribution is -2.32. The van der Waals surface area contributed by atoms with E-state index in [1.54, 1.807) is 18.2 Å². The standard InChI is InChI=1S/C53H55F6NO4/c1-31(2)63-39-19-11-33(12-20-39)10-15-35-26-36-16-17-37(52(54,55)56)27-43(36)50(5,6)44(35)29-41-48(61)42(49(41)62-9)30-47-51(7,8)45-28-38(53(57,58)59)18-23-46(45)60(47)25-24-34-13-21-40(22-14-34)64-32(3)4/h11-14,16-23,27-32H,10,15,24-26H2,1-9H3/b41-29-,47-30-. The van der Waals surface area contributed by atoms with Gasteiger partial charge in [0.05, 0.1) is 41.6 Å². The number of fused-ring (bicyclic) bond motifs is 2. The van der Waals surface area contributed by atoms with Crippen molar-refractivity contribution in [2.75, 3.05) is 18.6 Å². The summed E-state index contributed by atoms with van der Waals surface area (Å²) in [4.78, 5) is 16.5. The highest BCUT2D eigenvalue weighted by Gasteiger charge is 2.45. The van der Waals surface area contributed by atoms with Crippen LogP contribution in [0.15, 0.2) is 131 Å². The lowest BCUT2D eigenvalue weighted by molar-refractivity contribution is -0.138. The first-order chi connectivity index (χ1) is 30.0. The Labute approximate surface area is 372 Å². The highest BCUT2D eigenvalue weighted by atomic mass is 19.4. The van der Waals surface area contributed by atoms with E-state index < -0.39 is 34.3 Å². The number of Topliss-reactive ketones (excluding diaryl/α,β-unsaturated/α-hetero) is 1. The molecule has 11 heteroatoms. The molecule has 0 N–H and O–H groups in total. The van der Waals surface area contributed by atoms with E-state index in [1.807, 2.05) is 109 Å². The lowest BCUT2D eigenvalue weighted by Gasteiger charge is -2.38. The van der Waals surface area contributed by atoms with Crippen molar-refractivity contribution in [2.45, 2.75) is 116 Å². The number of nitrogens with zero attached hydrogens (tertiary/aromatic N) is 1. The summed E-state index contributed by atoms with van der Waals surface area (Å²) in [5, 5.41) is 0. The van der Waals surface area contributed by atoms with Crippen LogP contribution in [0.5, 0.6) is 11.5 Å². The SMILES string of the molecule is COC1=C(/C=C2\N(CCc3ccc(OC(C)C)cc3)c3ccc(C(F)(F)F)cc3C2(C)C)C(=O)/C1=C/C1=C(CCc2ccc(OC(C)C)cc2)Cc2ccc(C(F)(F)F)cc2C1(C)C. The largest absolute Gasteiger partial charge is 0.495 e. The Morgan fingerprint density at radius 1 is 0.672 bits per heavy atom. The molecule has 0 radical (unpaired) electrons. The molecular weight excluding hydrogens is 829 g/mol. The van der Waals surface area contributed by atoms with Gasteiger partial charge in [-0.3, -0.25) is 4.79 Å². The molecule has 338 valence electrons. The molecule has 0 saturated heterocycles. The topological polar surface area (TPSA) is 48.0 Å². The van der Waals surface area contributed by atoms with Crippen molar-refractivity contribution in [1.82, 2.24) is 0 Å². The normalized spacial score (nSPS) is 18.3. The monoisotopic (exact) mass is 883 g/mol. The molecule has 64 heavy (non-hydrogen) atoms. The van der Waals surface area contributed by atoms with Gasteiger partial charge in [-0.15, -0.1) is 0 Å². The molecule has 0 aromatic heterocycles. The summed E-state index contributed by atoms with van der Waals surface area (Å²) in [6.07, 6.45) is -3.39. The van der Waals surface area contributed by atoms with Crippen LogP contribution in [-0.2, 0) is 52.0 Å². The van der Waals surface area contributed by atoms with E-state index in [9.17, 15) is 31.1 Å². The Kier molecular flexibility index (Phi) is 12.5. The molecule has 4 aromatic rings. The number of ketones is 1. The molecule has 0 fully saturated rings. The van der Waals surface area contributed by atoms with E-state index in [4.69, 9.17) is 14.2 Å². The molecule has 0 bridgehead atoms. The molecule has 4 aromatic carbocycles. The van der Waals surface area contributed by atoms with Gasteiger partial charge in [-0.1, -0.05) is 63.6 Å². The second-order valence-electron chi connectivity index (χ2n) is 18.4. The number of carbonyl (C=O) groups excluding carboxylic acids is 1. The van der Waals surface area contributed by atoms with Gasteiger partial charge in [0.15, 0.2) is 0 Å². The minimum atomic E-state index is -4.56. The van der Waals surface area contributed by atoms with Gasteiger partial charge in [0.2, 0.25) is 5.78 Å². The molecule has 0 amide bonds.